The Morgan fingerprint density at radius 2 is 1.50 bits per heavy atom. The van der Waals surface area contributed by atoms with Crippen LogP contribution in [0.15, 0.2) is 6.20 Å². The lowest BCUT2D eigenvalue weighted by Crippen LogP contribution is -2.22. The zero-order chi connectivity index (χ0) is 11.6. The highest BCUT2D eigenvalue weighted by Crippen LogP contribution is 1.78. The monoisotopic (exact) mass is 195 g/mol. The van der Waals surface area contributed by atoms with Crippen molar-refractivity contribution in [2.24, 2.45) is 0 Å². The van der Waals surface area contributed by atoms with Gasteiger partial charge in [-0.15, -0.1) is 0 Å². The quantitative estimate of drug-likeness (QED) is 0.655. The third-order valence-corrected chi connectivity index (χ3v) is 1.74. The Hall–Kier alpha value is -0.980. The van der Waals surface area contributed by atoms with Crippen LogP contribution in [-0.2, 0) is 0 Å². The van der Waals surface area contributed by atoms with Crippen molar-refractivity contribution in [3.63, 3.8) is 0 Å². The molecular formula is C13H25N. The molecule has 1 aromatic rings. The Morgan fingerprint density at radius 3 is 1.79 bits per heavy atom. The Morgan fingerprint density at radius 1 is 1.00 bits per heavy atom. The first-order valence-electron chi connectivity index (χ1n) is 5.56. The van der Waals surface area contributed by atoms with Crippen LogP contribution in [0.1, 0.15) is 47.1 Å². The number of hydrogen-bond acceptors (Lipinski definition) is 0. The van der Waals surface area contributed by atoms with Gasteiger partial charge in [-0.2, -0.15) is 0 Å². The van der Waals surface area contributed by atoms with Crippen LogP contribution in [0.4, 0.5) is 0 Å². The van der Waals surface area contributed by atoms with Crippen LogP contribution in [-0.4, -0.2) is 4.98 Å². The van der Waals surface area contributed by atoms with E-state index < -0.39 is 0 Å². The van der Waals surface area contributed by atoms with E-state index in [4.69, 9.17) is 0 Å². The Labute approximate surface area is 88.6 Å². The van der Waals surface area contributed by atoms with Gasteiger partial charge in [-0.1, -0.05) is 39.8 Å². The first-order valence-corrected chi connectivity index (χ1v) is 5.56. The lowest BCUT2D eigenvalue weighted by atomic mass is 10.3. The van der Waals surface area contributed by atoms with Gasteiger partial charge >= 0.3 is 0 Å². The molecule has 0 atom stereocenters. The third-order valence-electron chi connectivity index (χ3n) is 1.74. The van der Waals surface area contributed by atoms with E-state index >= 15 is 0 Å². The highest BCUT2D eigenvalue weighted by molar-refractivity contribution is 5.30. The van der Waals surface area contributed by atoms with Crippen LogP contribution in [0.25, 0.3) is 12.2 Å². The molecule has 82 valence electrons. The van der Waals surface area contributed by atoms with E-state index in [9.17, 15) is 0 Å². The molecule has 0 aromatic carbocycles. The number of aromatic nitrogens is 1. The van der Waals surface area contributed by atoms with E-state index in [-0.39, 0.29) is 0 Å². The number of aryl methyl sites for hydroxylation is 1. The molecule has 0 aliphatic rings. The van der Waals surface area contributed by atoms with Gasteiger partial charge in [-0.25, -0.2) is 0 Å². The van der Waals surface area contributed by atoms with Crippen molar-refractivity contribution < 1.29 is 0 Å². The van der Waals surface area contributed by atoms with Crippen LogP contribution < -0.4 is 10.6 Å². The summed E-state index contributed by atoms with van der Waals surface area (Å²) in [5, 5.41) is 2.54. The van der Waals surface area contributed by atoms with E-state index in [1.54, 1.807) is 0 Å². The molecule has 1 aromatic heterocycles. The zero-order valence-corrected chi connectivity index (χ0v) is 10.7. The summed E-state index contributed by atoms with van der Waals surface area (Å²) in [6.07, 6.45) is 6.24. The molecule has 0 aliphatic heterocycles. The average Bonchev–Trinajstić information content (AvgIpc) is 2.64. The molecule has 1 rings (SSSR count). The maximum absolute atomic E-state index is 3.19. The molecule has 1 heteroatoms. The predicted molar refractivity (Wildman–Crippen MR) is 67.8 cm³/mol. The largest absolute Gasteiger partial charge is 0.361 e. The molecule has 0 radical (unpaired) electrons. The minimum Gasteiger partial charge on any atom is -0.361 e. The molecule has 0 saturated heterocycles. The fourth-order valence-electron chi connectivity index (χ4n) is 1.18. The van der Waals surface area contributed by atoms with Gasteiger partial charge < -0.3 is 4.98 Å². The standard InChI is InChI=1S/C9H13N.2C2H6/c1-4-8-7(3)6-10-9(8)5-2;2*1-2/h4-6,10H,1-3H3;2*1-2H3/b8-4-,9-5+;;. The summed E-state index contributed by atoms with van der Waals surface area (Å²) >= 11 is 0. The number of nitrogens with one attached hydrogen (secondary N) is 1. The first kappa shape index (κ1) is 15.5. The summed E-state index contributed by atoms with van der Waals surface area (Å²) in [5.74, 6) is 0. The van der Waals surface area contributed by atoms with Crippen LogP contribution in [0.3, 0.4) is 0 Å². The molecule has 1 nitrogen and oxygen atoms in total. The summed E-state index contributed by atoms with van der Waals surface area (Å²) in [4.78, 5) is 3.19. The minimum absolute atomic E-state index is 1.22. The van der Waals surface area contributed by atoms with Gasteiger partial charge in [0, 0.05) is 11.5 Å². The molecule has 0 amide bonds. The maximum Gasteiger partial charge on any atom is 0.0410 e. The van der Waals surface area contributed by atoms with Crippen molar-refractivity contribution in [2.45, 2.75) is 48.5 Å². The fraction of sp³-hybridized carbons (Fsp3) is 0.538. The van der Waals surface area contributed by atoms with Crippen molar-refractivity contribution in [3.05, 3.63) is 22.3 Å². The van der Waals surface area contributed by atoms with Gasteiger partial charge in [-0.3, -0.25) is 0 Å². The lowest BCUT2D eigenvalue weighted by molar-refractivity contribution is 1.31. The summed E-state index contributed by atoms with van der Waals surface area (Å²) in [7, 11) is 0. The molecule has 0 unspecified atom stereocenters. The summed E-state index contributed by atoms with van der Waals surface area (Å²) in [6.45, 7) is 14.2. The highest BCUT2D eigenvalue weighted by atomic mass is 14.6. The smallest absolute Gasteiger partial charge is 0.0410 e. The number of hydrogen-bond donors (Lipinski definition) is 1. The Balaban J connectivity index is 0. The van der Waals surface area contributed by atoms with Crippen LogP contribution in [0.5, 0.6) is 0 Å². The molecule has 0 saturated carbocycles. The summed E-state index contributed by atoms with van der Waals surface area (Å²) < 4.78 is 0. The van der Waals surface area contributed by atoms with Gasteiger partial charge in [-0.05, 0) is 31.6 Å². The second-order valence-corrected chi connectivity index (χ2v) is 2.38. The first-order chi connectivity index (χ1) is 6.79. The third kappa shape index (κ3) is 4.31. The number of rotatable bonds is 0. The normalized spacial score (nSPS) is 11.4. The van der Waals surface area contributed by atoms with Gasteiger partial charge in [0.05, 0.1) is 0 Å². The molecule has 14 heavy (non-hydrogen) atoms. The van der Waals surface area contributed by atoms with Gasteiger partial charge in [0.15, 0.2) is 0 Å². The van der Waals surface area contributed by atoms with Crippen LogP contribution in [0.2, 0.25) is 0 Å². The fourth-order valence-corrected chi connectivity index (χ4v) is 1.18. The van der Waals surface area contributed by atoms with Gasteiger partial charge in [0.25, 0.3) is 0 Å². The predicted octanol–water partition coefficient (Wildman–Crippen LogP) is 2.98. The van der Waals surface area contributed by atoms with Crippen molar-refractivity contribution in [3.8, 4) is 0 Å². The average molecular weight is 195 g/mol. The molecule has 0 fully saturated rings. The zero-order valence-electron chi connectivity index (χ0n) is 10.7. The molecule has 1 heterocycles. The second kappa shape index (κ2) is 10.1. The van der Waals surface area contributed by atoms with E-state index in [0.29, 0.717) is 0 Å². The van der Waals surface area contributed by atoms with Crippen molar-refractivity contribution in [1.29, 1.82) is 0 Å². The lowest BCUT2D eigenvalue weighted by Gasteiger charge is -1.78. The van der Waals surface area contributed by atoms with Gasteiger partial charge in [0.1, 0.15) is 0 Å². The number of aromatic amines is 1. The molecule has 0 aliphatic carbocycles. The van der Waals surface area contributed by atoms with E-state index in [1.807, 2.05) is 40.8 Å². The van der Waals surface area contributed by atoms with Crippen molar-refractivity contribution in [2.75, 3.05) is 0 Å². The van der Waals surface area contributed by atoms with E-state index in [2.05, 4.69) is 31.0 Å². The van der Waals surface area contributed by atoms with Crippen LogP contribution >= 0.6 is 0 Å². The second-order valence-electron chi connectivity index (χ2n) is 2.38. The van der Waals surface area contributed by atoms with Gasteiger partial charge in [0.2, 0.25) is 0 Å². The van der Waals surface area contributed by atoms with Crippen molar-refractivity contribution >= 4 is 12.2 Å². The minimum atomic E-state index is 1.22. The summed E-state index contributed by atoms with van der Waals surface area (Å²) in [5.41, 5.74) is 1.32. The van der Waals surface area contributed by atoms with Crippen molar-refractivity contribution in [1.82, 2.24) is 4.98 Å². The number of H-pyrrole nitrogens is 1. The Kier molecular flexibility index (Phi) is 11.2. The van der Waals surface area contributed by atoms with E-state index in [1.165, 1.54) is 16.1 Å². The molecule has 0 bridgehead atoms. The topological polar surface area (TPSA) is 15.8 Å². The summed E-state index contributed by atoms with van der Waals surface area (Å²) in [6, 6.07) is 0. The molecule has 0 spiro atoms. The molecular weight excluding hydrogens is 170 g/mol. The van der Waals surface area contributed by atoms with E-state index in [0.717, 1.165) is 0 Å². The molecule has 1 N–H and O–H groups in total. The highest BCUT2D eigenvalue weighted by Gasteiger charge is 1.88. The maximum atomic E-state index is 3.19. The van der Waals surface area contributed by atoms with Crippen LogP contribution in [0, 0.1) is 6.92 Å². The SMILES string of the molecule is C/C=c1/c(C)c[nH]/c1=C/C.CC.CC. The Bertz CT molecular complexity index is 317.